The lowest BCUT2D eigenvalue weighted by atomic mass is 10.1. The van der Waals surface area contributed by atoms with E-state index in [-0.39, 0.29) is 28.0 Å². The number of aliphatic carboxylic acids is 1. The van der Waals surface area contributed by atoms with Crippen LogP contribution in [0.15, 0.2) is 23.5 Å². The smallest absolute Gasteiger partial charge is 0.341 e. The van der Waals surface area contributed by atoms with Crippen molar-refractivity contribution >= 4 is 35.0 Å². The Balaban J connectivity index is 2.44. The first kappa shape index (κ1) is 14.8. The van der Waals surface area contributed by atoms with Crippen LogP contribution in [-0.4, -0.2) is 41.6 Å². The van der Waals surface area contributed by atoms with Crippen LogP contribution in [-0.2, 0) is 9.53 Å². The number of carbonyl (C=O) groups excluding carboxylic acids is 1. The largest absolute Gasteiger partial charge is 0.477 e. The Hall–Kier alpha value is -1.63. The lowest BCUT2D eigenvalue weighted by Crippen LogP contribution is -2.33. The van der Waals surface area contributed by atoms with E-state index in [1.165, 1.54) is 12.3 Å². The summed E-state index contributed by atoms with van der Waals surface area (Å²) in [5, 5.41) is 12.3. The van der Waals surface area contributed by atoms with Crippen molar-refractivity contribution in [3.63, 3.8) is 0 Å². The Kier molecular flexibility index (Phi) is 4.59. The highest BCUT2D eigenvalue weighted by Gasteiger charge is 2.27. The Morgan fingerprint density at radius 1 is 1.40 bits per heavy atom. The van der Waals surface area contributed by atoms with Crippen molar-refractivity contribution < 1.29 is 19.4 Å². The van der Waals surface area contributed by atoms with Gasteiger partial charge in [-0.1, -0.05) is 23.2 Å². The number of morpholine rings is 1. The number of nitrogens with zero attached hydrogens (tertiary/aromatic N) is 1. The average Bonchev–Trinajstić information content (AvgIpc) is 2.39. The van der Waals surface area contributed by atoms with E-state index >= 15 is 0 Å². The van der Waals surface area contributed by atoms with Gasteiger partial charge in [0.2, 0.25) is 5.78 Å². The van der Waals surface area contributed by atoms with Crippen molar-refractivity contribution in [1.82, 2.24) is 10.3 Å². The van der Waals surface area contributed by atoms with E-state index in [1.807, 2.05) is 0 Å². The summed E-state index contributed by atoms with van der Waals surface area (Å²) in [7, 11) is 0. The van der Waals surface area contributed by atoms with E-state index < -0.39 is 17.3 Å². The summed E-state index contributed by atoms with van der Waals surface area (Å²) in [4.78, 5) is 27.4. The van der Waals surface area contributed by atoms with Crippen LogP contribution >= 0.6 is 23.2 Å². The van der Waals surface area contributed by atoms with Crippen LogP contribution < -0.4 is 5.32 Å². The van der Waals surface area contributed by atoms with Gasteiger partial charge in [0.15, 0.2) is 0 Å². The number of ether oxygens (including phenoxy) is 1. The van der Waals surface area contributed by atoms with Gasteiger partial charge in [0.05, 0.1) is 29.0 Å². The van der Waals surface area contributed by atoms with E-state index in [0.717, 1.165) is 0 Å². The molecule has 2 heterocycles. The molecule has 1 aliphatic heterocycles. The minimum atomic E-state index is -1.36. The monoisotopic (exact) mass is 316 g/mol. The number of hydrogen-bond acceptors (Lipinski definition) is 5. The van der Waals surface area contributed by atoms with Gasteiger partial charge in [-0.25, -0.2) is 9.78 Å². The fourth-order valence-electron chi connectivity index (χ4n) is 1.72. The van der Waals surface area contributed by atoms with Gasteiger partial charge in [0.1, 0.15) is 11.3 Å². The summed E-state index contributed by atoms with van der Waals surface area (Å²) >= 11 is 11.6. The highest BCUT2D eigenvalue weighted by molar-refractivity contribution is 6.38. The van der Waals surface area contributed by atoms with Gasteiger partial charge in [-0.15, -0.1) is 0 Å². The molecule has 0 aliphatic carbocycles. The van der Waals surface area contributed by atoms with Crippen LogP contribution in [0.2, 0.25) is 10.0 Å². The molecule has 8 heteroatoms. The number of pyridine rings is 1. The molecule has 2 rings (SSSR count). The summed E-state index contributed by atoms with van der Waals surface area (Å²) in [5.41, 5.74) is -0.378. The minimum absolute atomic E-state index is 0.00132. The van der Waals surface area contributed by atoms with Crippen LogP contribution in [0.3, 0.4) is 0 Å². The maximum Gasteiger partial charge on any atom is 0.341 e. The van der Waals surface area contributed by atoms with Gasteiger partial charge in [-0.2, -0.15) is 0 Å². The number of aromatic nitrogens is 1. The number of Topliss-reactive ketones (excluding diaryl/α,β-unsaturated/α-hetero) is 1. The molecule has 6 nitrogen and oxygen atoms in total. The van der Waals surface area contributed by atoms with E-state index in [9.17, 15) is 14.7 Å². The third kappa shape index (κ3) is 3.09. The van der Waals surface area contributed by atoms with E-state index in [1.54, 1.807) is 0 Å². The first-order chi connectivity index (χ1) is 9.50. The van der Waals surface area contributed by atoms with Gasteiger partial charge in [-0.05, 0) is 6.07 Å². The number of carbonyl (C=O) groups is 2. The molecule has 0 unspecified atom stereocenters. The molecule has 20 heavy (non-hydrogen) atoms. The first-order valence-electron chi connectivity index (χ1n) is 5.64. The number of ketones is 1. The Morgan fingerprint density at radius 3 is 2.70 bits per heavy atom. The minimum Gasteiger partial charge on any atom is -0.477 e. The molecule has 1 aliphatic rings. The highest BCUT2D eigenvalue weighted by atomic mass is 35.5. The van der Waals surface area contributed by atoms with E-state index in [2.05, 4.69) is 10.3 Å². The third-order valence-corrected chi connectivity index (χ3v) is 3.09. The highest BCUT2D eigenvalue weighted by Crippen LogP contribution is 2.22. The fraction of sp³-hybridized carbons (Fsp3) is 0.250. The standard InChI is InChI=1S/C12H10Cl2N2O4/c13-6-3-7(14)10(16-4-6)11(17)9(12(18)19)8-5-20-2-1-15-8/h3-4,15H,1-2,5H2,(H,18,19). The SMILES string of the molecule is O=C(O)C(C(=O)c1ncc(Cl)cc1Cl)=C1COCCN1. The molecule has 0 atom stereocenters. The van der Waals surface area contributed by atoms with Crippen molar-refractivity contribution in [1.29, 1.82) is 0 Å². The molecular formula is C12H10Cl2N2O4. The molecule has 1 aromatic heterocycles. The molecule has 2 N–H and O–H groups in total. The molecule has 1 aromatic rings. The van der Waals surface area contributed by atoms with Crippen molar-refractivity contribution in [2.24, 2.45) is 0 Å². The molecule has 0 saturated carbocycles. The zero-order chi connectivity index (χ0) is 14.7. The molecule has 0 radical (unpaired) electrons. The van der Waals surface area contributed by atoms with Gasteiger partial charge < -0.3 is 15.2 Å². The molecular weight excluding hydrogens is 307 g/mol. The van der Waals surface area contributed by atoms with Crippen LogP contribution in [0, 0.1) is 0 Å². The van der Waals surface area contributed by atoms with Crippen LogP contribution in [0.4, 0.5) is 0 Å². The first-order valence-corrected chi connectivity index (χ1v) is 6.40. The van der Waals surface area contributed by atoms with E-state index in [4.69, 9.17) is 27.9 Å². The zero-order valence-corrected chi connectivity index (χ0v) is 11.7. The molecule has 0 spiro atoms. The zero-order valence-electron chi connectivity index (χ0n) is 10.2. The Bertz CT molecular complexity index is 593. The maximum atomic E-state index is 12.3. The molecule has 1 saturated heterocycles. The van der Waals surface area contributed by atoms with Crippen LogP contribution in [0.1, 0.15) is 10.5 Å². The molecule has 0 amide bonds. The van der Waals surface area contributed by atoms with Crippen molar-refractivity contribution in [3.8, 4) is 0 Å². The predicted molar refractivity (Wildman–Crippen MR) is 72.1 cm³/mol. The molecule has 0 aromatic carbocycles. The van der Waals surface area contributed by atoms with Gasteiger partial charge >= 0.3 is 5.97 Å². The summed E-state index contributed by atoms with van der Waals surface area (Å²) in [6, 6.07) is 1.33. The number of halogens is 2. The van der Waals surface area contributed by atoms with Crippen molar-refractivity contribution in [2.75, 3.05) is 19.8 Å². The van der Waals surface area contributed by atoms with Crippen molar-refractivity contribution in [2.45, 2.75) is 0 Å². The van der Waals surface area contributed by atoms with E-state index in [0.29, 0.717) is 13.2 Å². The fourth-order valence-corrected chi connectivity index (χ4v) is 2.19. The van der Waals surface area contributed by atoms with Crippen LogP contribution in [0.25, 0.3) is 0 Å². The summed E-state index contributed by atoms with van der Waals surface area (Å²) in [6.45, 7) is 0.907. The molecule has 0 bridgehead atoms. The van der Waals surface area contributed by atoms with Crippen LogP contribution in [0.5, 0.6) is 0 Å². The van der Waals surface area contributed by atoms with Gasteiger partial charge in [-0.3, -0.25) is 4.79 Å². The quantitative estimate of drug-likeness (QED) is 0.380. The maximum absolute atomic E-state index is 12.3. The molecule has 106 valence electrons. The second-order valence-electron chi connectivity index (χ2n) is 3.95. The lowest BCUT2D eigenvalue weighted by molar-refractivity contribution is -0.132. The molecule has 1 fully saturated rings. The summed E-state index contributed by atoms with van der Waals surface area (Å²) in [6.07, 6.45) is 1.23. The topological polar surface area (TPSA) is 88.5 Å². The van der Waals surface area contributed by atoms with Gasteiger partial charge in [0.25, 0.3) is 0 Å². The Morgan fingerprint density at radius 2 is 2.15 bits per heavy atom. The van der Waals surface area contributed by atoms with Gasteiger partial charge in [0, 0.05) is 12.7 Å². The number of carboxylic acids is 1. The third-order valence-electron chi connectivity index (χ3n) is 2.60. The normalized spacial score (nSPS) is 17.3. The number of nitrogens with one attached hydrogen (secondary N) is 1. The van der Waals surface area contributed by atoms with Crippen molar-refractivity contribution in [3.05, 3.63) is 39.3 Å². The summed E-state index contributed by atoms with van der Waals surface area (Å²) in [5.74, 6) is -2.15. The second-order valence-corrected chi connectivity index (χ2v) is 4.79. The number of hydrogen-bond donors (Lipinski definition) is 2. The summed E-state index contributed by atoms with van der Waals surface area (Å²) < 4.78 is 5.14. The second kappa shape index (κ2) is 6.21. The lowest BCUT2D eigenvalue weighted by Gasteiger charge is -2.19. The number of carboxylic acid groups (broad SMARTS) is 1. The average molecular weight is 317 g/mol. The number of rotatable bonds is 3. The predicted octanol–water partition coefficient (Wildman–Crippen LogP) is 1.53. The Labute approximate surface area is 124 Å².